The van der Waals surface area contributed by atoms with Crippen LogP contribution in [-0.4, -0.2) is 48.3 Å². The molecule has 0 N–H and O–H groups in total. The van der Waals surface area contributed by atoms with E-state index in [1.54, 1.807) is 0 Å². The smallest absolute Gasteiger partial charge is 0.323 e. The predicted molar refractivity (Wildman–Crippen MR) is 69.4 cm³/mol. The van der Waals surface area contributed by atoms with Crippen molar-refractivity contribution >= 4 is 5.97 Å². The highest BCUT2D eigenvalue weighted by Gasteiger charge is 2.37. The molecule has 0 aromatic rings. The summed E-state index contributed by atoms with van der Waals surface area (Å²) in [6.45, 7) is 8.46. The lowest BCUT2D eigenvalue weighted by molar-refractivity contribution is -0.149. The van der Waals surface area contributed by atoms with Crippen LogP contribution in [0.15, 0.2) is 0 Å². The van der Waals surface area contributed by atoms with E-state index in [1.807, 2.05) is 6.92 Å². The van der Waals surface area contributed by atoms with Crippen LogP contribution in [0, 0.1) is 0 Å². The lowest BCUT2D eigenvalue weighted by Gasteiger charge is -2.27. The Labute approximate surface area is 110 Å². The number of carbonyl (C=O) groups is 1. The normalized spacial score (nSPS) is 31.7. The fraction of sp³-hybridized carbons (Fsp3) is 0.929. The van der Waals surface area contributed by atoms with Gasteiger partial charge in [-0.1, -0.05) is 0 Å². The quantitative estimate of drug-likeness (QED) is 0.720. The van der Waals surface area contributed by atoms with Gasteiger partial charge in [-0.15, -0.1) is 0 Å². The molecular formula is C14H25NO3. The molecule has 4 heteroatoms. The number of ether oxygens (including phenoxy) is 2. The molecule has 2 unspecified atom stereocenters. The number of rotatable bonds is 4. The molecule has 4 nitrogen and oxygen atoms in total. The first-order chi connectivity index (χ1) is 8.52. The number of carbonyl (C=O) groups excluding carboxylic acids is 1. The van der Waals surface area contributed by atoms with Gasteiger partial charge in [0.25, 0.3) is 0 Å². The number of nitrogens with zero attached hydrogens (tertiary/aromatic N) is 1. The zero-order chi connectivity index (χ0) is 13.2. The highest BCUT2D eigenvalue weighted by atomic mass is 16.5. The highest BCUT2D eigenvalue weighted by molar-refractivity contribution is 5.76. The van der Waals surface area contributed by atoms with Gasteiger partial charge in [0.2, 0.25) is 0 Å². The largest absolute Gasteiger partial charge is 0.465 e. The van der Waals surface area contributed by atoms with Crippen LogP contribution in [0.1, 0.15) is 46.5 Å². The molecule has 2 aliphatic rings. The van der Waals surface area contributed by atoms with E-state index in [0.29, 0.717) is 6.61 Å². The summed E-state index contributed by atoms with van der Waals surface area (Å²) >= 11 is 0. The SMILES string of the molecule is CCOC(=O)C1CCCN1CC1CCC(C)(C)O1. The first-order valence-electron chi connectivity index (χ1n) is 7.10. The van der Waals surface area contributed by atoms with Gasteiger partial charge in [0.15, 0.2) is 0 Å². The van der Waals surface area contributed by atoms with Gasteiger partial charge in [0.1, 0.15) is 6.04 Å². The molecule has 2 fully saturated rings. The number of hydrogen-bond acceptors (Lipinski definition) is 4. The van der Waals surface area contributed by atoms with Gasteiger partial charge >= 0.3 is 5.97 Å². The van der Waals surface area contributed by atoms with Crippen LogP contribution in [0.4, 0.5) is 0 Å². The summed E-state index contributed by atoms with van der Waals surface area (Å²) < 4.78 is 11.1. The molecule has 0 aliphatic carbocycles. The van der Waals surface area contributed by atoms with Crippen LogP contribution < -0.4 is 0 Å². The van der Waals surface area contributed by atoms with Crippen molar-refractivity contribution in [3.05, 3.63) is 0 Å². The number of esters is 1. The molecule has 0 saturated carbocycles. The summed E-state index contributed by atoms with van der Waals surface area (Å²) in [7, 11) is 0. The molecule has 2 saturated heterocycles. The molecule has 2 aliphatic heterocycles. The number of hydrogen-bond donors (Lipinski definition) is 0. The average molecular weight is 255 g/mol. The highest BCUT2D eigenvalue weighted by Crippen LogP contribution is 2.31. The summed E-state index contributed by atoms with van der Waals surface area (Å²) in [6, 6.07) is -0.0442. The third kappa shape index (κ3) is 3.23. The summed E-state index contributed by atoms with van der Waals surface area (Å²) in [5.74, 6) is -0.0627. The van der Waals surface area contributed by atoms with Crippen molar-refractivity contribution in [2.75, 3.05) is 19.7 Å². The molecule has 2 heterocycles. The van der Waals surface area contributed by atoms with Crippen molar-refractivity contribution in [3.63, 3.8) is 0 Å². The predicted octanol–water partition coefficient (Wildman–Crippen LogP) is 1.97. The van der Waals surface area contributed by atoms with Gasteiger partial charge in [0.05, 0.1) is 18.3 Å². The second-order valence-corrected chi connectivity index (χ2v) is 5.94. The van der Waals surface area contributed by atoms with Crippen LogP contribution in [-0.2, 0) is 14.3 Å². The fourth-order valence-electron chi connectivity index (χ4n) is 3.02. The fourth-order valence-corrected chi connectivity index (χ4v) is 3.02. The monoisotopic (exact) mass is 255 g/mol. The summed E-state index contributed by atoms with van der Waals surface area (Å²) in [5.41, 5.74) is 0.00378. The second kappa shape index (κ2) is 5.57. The standard InChI is InChI=1S/C14H25NO3/c1-4-17-13(16)12-6-5-9-15(12)10-11-7-8-14(2,3)18-11/h11-12H,4-10H2,1-3H3. The Morgan fingerprint density at radius 3 is 2.83 bits per heavy atom. The minimum Gasteiger partial charge on any atom is -0.465 e. The van der Waals surface area contributed by atoms with Crippen molar-refractivity contribution in [1.82, 2.24) is 4.90 Å². The Balaban J connectivity index is 1.86. The van der Waals surface area contributed by atoms with Crippen molar-refractivity contribution in [2.24, 2.45) is 0 Å². The molecule has 2 atom stereocenters. The minimum absolute atomic E-state index is 0.00378. The molecular weight excluding hydrogens is 230 g/mol. The van der Waals surface area contributed by atoms with Crippen LogP contribution in [0.5, 0.6) is 0 Å². The Kier molecular flexibility index (Phi) is 4.28. The van der Waals surface area contributed by atoms with Crippen molar-refractivity contribution in [2.45, 2.75) is 64.2 Å². The maximum atomic E-state index is 11.9. The molecule has 0 radical (unpaired) electrons. The third-order valence-electron chi connectivity index (χ3n) is 3.91. The molecule has 0 amide bonds. The van der Waals surface area contributed by atoms with E-state index < -0.39 is 0 Å². The topological polar surface area (TPSA) is 38.8 Å². The van der Waals surface area contributed by atoms with Crippen LogP contribution in [0.3, 0.4) is 0 Å². The Morgan fingerprint density at radius 1 is 1.44 bits per heavy atom. The van der Waals surface area contributed by atoms with Gasteiger partial charge in [-0.05, 0) is 53.0 Å². The zero-order valence-corrected chi connectivity index (χ0v) is 11.8. The molecule has 0 bridgehead atoms. The van der Waals surface area contributed by atoms with E-state index in [2.05, 4.69) is 18.7 Å². The number of likely N-dealkylation sites (tertiary alicyclic amines) is 1. The lowest BCUT2D eigenvalue weighted by Crippen LogP contribution is -2.42. The molecule has 0 spiro atoms. The lowest BCUT2D eigenvalue weighted by atomic mass is 10.1. The van der Waals surface area contributed by atoms with E-state index in [0.717, 1.165) is 38.8 Å². The van der Waals surface area contributed by atoms with Crippen LogP contribution >= 0.6 is 0 Å². The minimum atomic E-state index is -0.0627. The Hall–Kier alpha value is -0.610. The van der Waals surface area contributed by atoms with Crippen molar-refractivity contribution < 1.29 is 14.3 Å². The third-order valence-corrected chi connectivity index (χ3v) is 3.91. The second-order valence-electron chi connectivity index (χ2n) is 5.94. The molecule has 18 heavy (non-hydrogen) atoms. The van der Waals surface area contributed by atoms with Gasteiger partial charge in [-0.3, -0.25) is 9.69 Å². The molecule has 0 aromatic carbocycles. The van der Waals surface area contributed by atoms with E-state index in [9.17, 15) is 4.79 Å². The first kappa shape index (κ1) is 13.8. The van der Waals surface area contributed by atoms with Crippen LogP contribution in [0.25, 0.3) is 0 Å². The van der Waals surface area contributed by atoms with Gasteiger partial charge in [-0.2, -0.15) is 0 Å². The summed E-state index contributed by atoms with van der Waals surface area (Å²) in [6.07, 6.45) is 4.48. The first-order valence-corrected chi connectivity index (χ1v) is 7.10. The van der Waals surface area contributed by atoms with E-state index >= 15 is 0 Å². The van der Waals surface area contributed by atoms with Crippen molar-refractivity contribution in [1.29, 1.82) is 0 Å². The Morgan fingerprint density at radius 2 is 2.22 bits per heavy atom. The summed E-state index contributed by atoms with van der Waals surface area (Å²) in [5, 5.41) is 0. The van der Waals surface area contributed by atoms with E-state index in [1.165, 1.54) is 0 Å². The van der Waals surface area contributed by atoms with E-state index in [-0.39, 0.29) is 23.7 Å². The van der Waals surface area contributed by atoms with Crippen molar-refractivity contribution in [3.8, 4) is 0 Å². The van der Waals surface area contributed by atoms with Gasteiger partial charge in [0, 0.05) is 6.54 Å². The maximum absolute atomic E-state index is 11.9. The van der Waals surface area contributed by atoms with Crippen LogP contribution in [0.2, 0.25) is 0 Å². The Bertz CT molecular complexity index is 303. The molecule has 104 valence electrons. The van der Waals surface area contributed by atoms with Gasteiger partial charge in [-0.25, -0.2) is 0 Å². The molecule has 2 rings (SSSR count). The maximum Gasteiger partial charge on any atom is 0.323 e. The van der Waals surface area contributed by atoms with E-state index in [4.69, 9.17) is 9.47 Å². The summed E-state index contributed by atoms with van der Waals surface area (Å²) in [4.78, 5) is 14.1. The average Bonchev–Trinajstić information content (AvgIpc) is 2.86. The molecule has 0 aromatic heterocycles. The van der Waals surface area contributed by atoms with Gasteiger partial charge < -0.3 is 9.47 Å². The zero-order valence-electron chi connectivity index (χ0n) is 11.8.